The van der Waals surface area contributed by atoms with Gasteiger partial charge in [-0.15, -0.1) is 11.3 Å². The first-order chi connectivity index (χ1) is 29.5. The topological polar surface area (TPSA) is 161 Å². The SMILES string of the molecule is COc1ccc(S(=O)(=O)N(CC(C)C)C[C@H](O)[C@H](CC(=O)O[C@H]2CO[C@@]3(C)OCC[C@@H]23)Cc2ccc(NCc3ccccc3-c3sc4c(c3C(=O)O)CC(C)(C)CC4)cc2)cc1. The van der Waals surface area contributed by atoms with Crippen molar-refractivity contribution in [2.75, 3.05) is 38.7 Å². The number of carbonyl (C=O) groups excluding carboxylic acids is 1. The molecule has 0 spiro atoms. The highest BCUT2D eigenvalue weighted by atomic mass is 32.2. The number of fused-ring (bicyclic) bond motifs is 2. The first-order valence-corrected chi connectivity index (χ1v) is 23.8. The van der Waals surface area contributed by atoms with Gasteiger partial charge in [-0.1, -0.05) is 64.1 Å². The van der Waals surface area contributed by atoms with Crippen molar-refractivity contribution >= 4 is 39.0 Å². The molecule has 0 saturated carbocycles. The van der Waals surface area contributed by atoms with Crippen LogP contribution in [0, 0.1) is 23.2 Å². The highest BCUT2D eigenvalue weighted by molar-refractivity contribution is 7.89. The molecule has 3 aliphatic rings. The lowest BCUT2D eigenvalue weighted by molar-refractivity contribution is -0.181. The van der Waals surface area contributed by atoms with E-state index < -0.39 is 45.9 Å². The molecule has 3 N–H and O–H groups in total. The van der Waals surface area contributed by atoms with Crippen molar-refractivity contribution in [3.05, 3.63) is 99.9 Å². The first-order valence-electron chi connectivity index (χ1n) is 21.5. The van der Waals surface area contributed by atoms with Gasteiger partial charge < -0.3 is 34.5 Å². The minimum Gasteiger partial charge on any atom is -0.497 e. The summed E-state index contributed by atoms with van der Waals surface area (Å²) in [7, 11) is -2.51. The zero-order valence-electron chi connectivity index (χ0n) is 36.5. The van der Waals surface area contributed by atoms with Gasteiger partial charge in [-0.2, -0.15) is 4.31 Å². The highest BCUT2D eigenvalue weighted by Crippen LogP contribution is 2.46. The largest absolute Gasteiger partial charge is 0.497 e. The zero-order chi connectivity index (χ0) is 44.4. The molecule has 5 atom stereocenters. The number of aromatic carboxylic acids is 1. The maximum atomic E-state index is 14.0. The molecule has 0 unspecified atom stereocenters. The fraction of sp³-hybridized carbons (Fsp3) is 0.500. The number of carboxylic acids is 1. The Bertz CT molecular complexity index is 2330. The number of sulfonamides is 1. The molecule has 12 nitrogen and oxygen atoms in total. The standard InChI is InChI=1S/C48H60N2O10S2/c1-30(2)27-50(62(55,56)36-17-15-35(57-6)16-18-36)28-40(51)33(24-43(52)60-41-29-59-48(5)39(41)20-22-58-48)23-31-11-13-34(14-12-31)49-26-32-9-7-8-10-37(32)45-44(46(53)54)38-25-47(3,4)21-19-42(38)61-45/h7-18,30,33,39-41,49,51H,19-29H2,1-6H3,(H,53,54)/t33-,39-,40-,41-,48+/m0/s1. The lowest BCUT2D eigenvalue weighted by Crippen LogP contribution is -2.43. The molecule has 14 heteroatoms. The summed E-state index contributed by atoms with van der Waals surface area (Å²) in [6, 6.07) is 21.8. The Labute approximate surface area is 369 Å². The van der Waals surface area contributed by atoms with Crippen molar-refractivity contribution in [1.82, 2.24) is 4.31 Å². The first kappa shape index (κ1) is 45.7. The molecule has 1 aliphatic carbocycles. The second-order valence-electron chi connectivity index (χ2n) is 18.3. The summed E-state index contributed by atoms with van der Waals surface area (Å²) < 4.78 is 52.2. The van der Waals surface area contributed by atoms with Crippen LogP contribution in [0.1, 0.15) is 85.8 Å². The lowest BCUT2D eigenvalue weighted by atomic mass is 9.76. The lowest BCUT2D eigenvalue weighted by Gasteiger charge is -2.30. The number of carboxylic acid groups (broad SMARTS) is 1. The number of aliphatic hydroxyl groups is 1. The molecule has 4 aromatic rings. The molecule has 0 amide bonds. The number of carbonyl (C=O) groups is 2. The summed E-state index contributed by atoms with van der Waals surface area (Å²) in [5.74, 6) is -2.49. The molecular formula is C48H60N2O10S2. The molecule has 2 fully saturated rings. The van der Waals surface area contributed by atoms with Crippen molar-refractivity contribution in [3.63, 3.8) is 0 Å². The Hall–Kier alpha value is -4.31. The van der Waals surface area contributed by atoms with Crippen molar-refractivity contribution in [1.29, 1.82) is 0 Å². The van der Waals surface area contributed by atoms with E-state index in [1.165, 1.54) is 23.5 Å². The number of thiophene rings is 1. The number of aryl methyl sites for hydroxylation is 1. The molecule has 3 aromatic carbocycles. The van der Waals surface area contributed by atoms with Gasteiger partial charge in [-0.25, -0.2) is 13.2 Å². The van der Waals surface area contributed by atoms with Crippen LogP contribution in [-0.4, -0.2) is 86.3 Å². The summed E-state index contributed by atoms with van der Waals surface area (Å²) in [6.45, 7) is 11.2. The van der Waals surface area contributed by atoms with Gasteiger partial charge in [0.25, 0.3) is 0 Å². The van der Waals surface area contributed by atoms with Gasteiger partial charge in [-0.3, -0.25) is 4.79 Å². The fourth-order valence-electron chi connectivity index (χ4n) is 9.11. The summed E-state index contributed by atoms with van der Waals surface area (Å²) in [4.78, 5) is 28.4. The van der Waals surface area contributed by atoms with Crippen LogP contribution in [0.25, 0.3) is 10.4 Å². The molecule has 1 aromatic heterocycles. The summed E-state index contributed by atoms with van der Waals surface area (Å²) in [6.07, 6.45) is 1.80. The molecular weight excluding hydrogens is 829 g/mol. The van der Waals surface area contributed by atoms with Gasteiger partial charge in [-0.05, 0) is 109 Å². The van der Waals surface area contributed by atoms with Crippen LogP contribution in [0.2, 0.25) is 0 Å². The van der Waals surface area contributed by atoms with E-state index in [9.17, 15) is 28.2 Å². The number of esters is 1. The predicted octanol–water partition coefficient (Wildman–Crippen LogP) is 8.20. The van der Waals surface area contributed by atoms with Gasteiger partial charge in [0.15, 0.2) is 5.79 Å². The number of aliphatic hydroxyl groups excluding tert-OH is 1. The quantitative estimate of drug-likeness (QED) is 0.0827. The van der Waals surface area contributed by atoms with E-state index in [0.29, 0.717) is 30.9 Å². The number of anilines is 1. The van der Waals surface area contributed by atoms with Crippen LogP contribution < -0.4 is 10.1 Å². The number of methoxy groups -OCH3 is 1. The van der Waals surface area contributed by atoms with Crippen LogP contribution in [0.5, 0.6) is 5.75 Å². The number of benzene rings is 3. The summed E-state index contributed by atoms with van der Waals surface area (Å²) in [5.41, 5.74) is 5.01. The normalized spacial score (nSPS) is 21.6. The molecule has 7 rings (SSSR count). The maximum absolute atomic E-state index is 14.0. The van der Waals surface area contributed by atoms with Gasteiger partial charge in [0, 0.05) is 41.0 Å². The Kier molecular flexibility index (Phi) is 13.9. The van der Waals surface area contributed by atoms with Crippen LogP contribution in [-0.2, 0) is 54.8 Å². The van der Waals surface area contributed by atoms with E-state index in [-0.39, 0.29) is 54.7 Å². The fourth-order valence-corrected chi connectivity index (χ4v) is 12.1. The molecule has 62 heavy (non-hydrogen) atoms. The number of ether oxygens (including phenoxy) is 4. The number of nitrogens with one attached hydrogen (secondary N) is 1. The number of rotatable bonds is 18. The average Bonchev–Trinajstić information content (AvgIpc) is 3.90. The van der Waals surface area contributed by atoms with E-state index in [2.05, 4.69) is 19.2 Å². The number of hydrogen-bond donors (Lipinski definition) is 3. The molecule has 0 bridgehead atoms. The van der Waals surface area contributed by atoms with E-state index in [0.717, 1.165) is 57.0 Å². The highest BCUT2D eigenvalue weighted by Gasteiger charge is 2.53. The van der Waals surface area contributed by atoms with Crippen molar-refractivity contribution in [3.8, 4) is 16.2 Å². The Morgan fingerprint density at radius 2 is 1.73 bits per heavy atom. The van der Waals surface area contributed by atoms with Gasteiger partial charge in [0.1, 0.15) is 11.9 Å². The van der Waals surface area contributed by atoms with Crippen LogP contribution in [0.15, 0.2) is 77.7 Å². The van der Waals surface area contributed by atoms with Crippen molar-refractivity contribution < 1.29 is 47.2 Å². The molecule has 3 heterocycles. The van der Waals surface area contributed by atoms with Crippen LogP contribution >= 0.6 is 11.3 Å². The molecule has 334 valence electrons. The smallest absolute Gasteiger partial charge is 0.337 e. The Morgan fingerprint density at radius 3 is 2.42 bits per heavy atom. The molecule has 0 radical (unpaired) electrons. The number of hydrogen-bond acceptors (Lipinski definition) is 11. The third-order valence-electron chi connectivity index (χ3n) is 12.6. The molecule has 2 saturated heterocycles. The average molecular weight is 889 g/mol. The minimum absolute atomic E-state index is 0.0433. The molecule has 2 aliphatic heterocycles. The minimum atomic E-state index is -4.02. The van der Waals surface area contributed by atoms with Gasteiger partial charge in [0.2, 0.25) is 10.0 Å². The van der Waals surface area contributed by atoms with Crippen molar-refractivity contribution in [2.24, 2.45) is 23.2 Å². The summed E-state index contributed by atoms with van der Waals surface area (Å²) in [5, 5.41) is 25.8. The third-order valence-corrected chi connectivity index (χ3v) is 15.7. The zero-order valence-corrected chi connectivity index (χ0v) is 38.2. The maximum Gasteiger partial charge on any atom is 0.337 e. The second kappa shape index (κ2) is 18.8. The van der Waals surface area contributed by atoms with Crippen LogP contribution in [0.3, 0.4) is 0 Å². The number of nitrogens with zero attached hydrogens (tertiary/aromatic N) is 1. The second-order valence-corrected chi connectivity index (χ2v) is 21.3. The monoisotopic (exact) mass is 888 g/mol. The third kappa shape index (κ3) is 10.2. The van der Waals surface area contributed by atoms with Crippen molar-refractivity contribution in [2.45, 2.75) is 103 Å². The van der Waals surface area contributed by atoms with E-state index in [1.54, 1.807) is 23.5 Å². The van der Waals surface area contributed by atoms with E-state index in [1.807, 2.05) is 69.3 Å². The Balaban J connectivity index is 1.08. The van der Waals surface area contributed by atoms with Crippen LogP contribution in [0.4, 0.5) is 5.69 Å². The predicted molar refractivity (Wildman–Crippen MR) is 239 cm³/mol. The van der Waals surface area contributed by atoms with E-state index >= 15 is 0 Å². The van der Waals surface area contributed by atoms with E-state index in [4.69, 9.17) is 18.9 Å². The summed E-state index contributed by atoms with van der Waals surface area (Å²) >= 11 is 1.60. The van der Waals surface area contributed by atoms with Gasteiger partial charge in [0.05, 0.1) is 49.2 Å². The Morgan fingerprint density at radius 1 is 1.00 bits per heavy atom. The van der Waals surface area contributed by atoms with Gasteiger partial charge >= 0.3 is 11.9 Å².